The van der Waals surface area contributed by atoms with Gasteiger partial charge in [0.05, 0.1) is 18.8 Å². The summed E-state index contributed by atoms with van der Waals surface area (Å²) < 4.78 is 5.17. The summed E-state index contributed by atoms with van der Waals surface area (Å²) in [4.78, 5) is 19.7. The molecule has 0 aromatic carbocycles. The van der Waals surface area contributed by atoms with Gasteiger partial charge in [0, 0.05) is 6.20 Å². The zero-order valence-electron chi connectivity index (χ0n) is 9.67. The van der Waals surface area contributed by atoms with Gasteiger partial charge in [-0.1, -0.05) is 0 Å². The van der Waals surface area contributed by atoms with Gasteiger partial charge in [-0.15, -0.1) is 0 Å². The van der Waals surface area contributed by atoms with Crippen molar-refractivity contribution >= 4 is 17.5 Å². The normalized spacial score (nSPS) is 10.1. The smallest absolute Gasteiger partial charge is 0.322 e. The van der Waals surface area contributed by atoms with Crippen LogP contribution >= 0.6 is 11.6 Å². The van der Waals surface area contributed by atoms with E-state index >= 15 is 0 Å². The zero-order valence-corrected chi connectivity index (χ0v) is 10.4. The summed E-state index contributed by atoms with van der Waals surface area (Å²) >= 11 is 5.76. The minimum atomic E-state index is 0.0821. The van der Waals surface area contributed by atoms with Crippen LogP contribution in [0.15, 0.2) is 18.6 Å². The highest BCUT2D eigenvalue weighted by Crippen LogP contribution is 2.11. The molecule has 0 unspecified atom stereocenters. The van der Waals surface area contributed by atoms with Gasteiger partial charge in [-0.25, -0.2) is 9.97 Å². The van der Waals surface area contributed by atoms with E-state index in [1.165, 1.54) is 6.33 Å². The first-order valence-electron chi connectivity index (χ1n) is 5.31. The van der Waals surface area contributed by atoms with Gasteiger partial charge < -0.3 is 10.1 Å². The fourth-order valence-electron chi connectivity index (χ4n) is 1.20. The van der Waals surface area contributed by atoms with E-state index < -0.39 is 0 Å². The van der Waals surface area contributed by atoms with Gasteiger partial charge in [-0.2, -0.15) is 15.0 Å². The molecule has 2 aromatic rings. The number of anilines is 1. The fraction of sp³-hybridized carbons (Fsp3) is 0.300. The van der Waals surface area contributed by atoms with Gasteiger partial charge in [-0.05, 0) is 24.6 Å². The molecule has 0 radical (unpaired) electrons. The molecule has 0 aliphatic carbocycles. The third kappa shape index (κ3) is 3.49. The Hall–Kier alpha value is -2.02. The van der Waals surface area contributed by atoms with Crippen molar-refractivity contribution in [3.05, 3.63) is 29.6 Å². The Kier molecular flexibility index (Phi) is 4.19. The largest absolute Gasteiger partial charge is 0.464 e. The summed E-state index contributed by atoms with van der Waals surface area (Å²) in [5.74, 6) is 0.345. The van der Waals surface area contributed by atoms with Crippen LogP contribution < -0.4 is 10.1 Å². The molecule has 0 spiro atoms. The maximum Gasteiger partial charge on any atom is 0.322 e. The molecule has 1 N–H and O–H groups in total. The molecule has 0 aliphatic rings. The lowest BCUT2D eigenvalue weighted by Gasteiger charge is -2.06. The molecule has 0 amide bonds. The second kappa shape index (κ2) is 6.06. The van der Waals surface area contributed by atoms with Crippen molar-refractivity contribution in [2.24, 2.45) is 0 Å². The molecule has 8 heteroatoms. The van der Waals surface area contributed by atoms with Crippen LogP contribution in [-0.4, -0.2) is 31.5 Å². The third-order valence-electron chi connectivity index (χ3n) is 1.93. The first-order valence-corrected chi connectivity index (χ1v) is 5.69. The molecule has 0 fully saturated rings. The lowest BCUT2D eigenvalue weighted by atomic mass is 10.4. The van der Waals surface area contributed by atoms with Crippen molar-refractivity contribution in [1.29, 1.82) is 0 Å². The lowest BCUT2D eigenvalue weighted by molar-refractivity contribution is 0.312. The van der Waals surface area contributed by atoms with Crippen LogP contribution in [0.3, 0.4) is 0 Å². The predicted octanol–water partition coefficient (Wildman–Crippen LogP) is 1.33. The second-order valence-electron chi connectivity index (χ2n) is 3.20. The second-order valence-corrected chi connectivity index (χ2v) is 3.54. The summed E-state index contributed by atoms with van der Waals surface area (Å²) in [6.45, 7) is 2.77. The first kappa shape index (κ1) is 12.4. The minimum Gasteiger partial charge on any atom is -0.464 e. The van der Waals surface area contributed by atoms with E-state index in [1.54, 1.807) is 12.3 Å². The van der Waals surface area contributed by atoms with Crippen molar-refractivity contribution in [2.45, 2.75) is 13.5 Å². The zero-order chi connectivity index (χ0) is 12.8. The molecule has 0 saturated heterocycles. The van der Waals surface area contributed by atoms with Gasteiger partial charge in [0.15, 0.2) is 0 Å². The third-order valence-corrected chi connectivity index (χ3v) is 2.10. The monoisotopic (exact) mass is 266 g/mol. The fourth-order valence-corrected chi connectivity index (χ4v) is 1.35. The highest BCUT2D eigenvalue weighted by atomic mass is 35.5. The summed E-state index contributed by atoms with van der Waals surface area (Å²) in [6.07, 6.45) is 3.14. The topological polar surface area (TPSA) is 85.7 Å². The molecule has 18 heavy (non-hydrogen) atoms. The molecule has 2 heterocycles. The summed E-state index contributed by atoms with van der Waals surface area (Å²) in [7, 11) is 0. The molecular weight excluding hydrogens is 256 g/mol. The van der Waals surface area contributed by atoms with Crippen molar-refractivity contribution in [3.8, 4) is 6.01 Å². The minimum absolute atomic E-state index is 0.0821. The van der Waals surface area contributed by atoms with E-state index in [4.69, 9.17) is 16.3 Å². The number of hydrogen-bond donors (Lipinski definition) is 1. The van der Waals surface area contributed by atoms with Crippen molar-refractivity contribution < 1.29 is 4.74 Å². The molecule has 0 saturated carbocycles. The highest BCUT2D eigenvalue weighted by molar-refractivity contribution is 6.28. The van der Waals surface area contributed by atoms with E-state index in [0.717, 1.165) is 5.69 Å². The van der Waals surface area contributed by atoms with E-state index in [2.05, 4.69) is 30.2 Å². The number of aromatic nitrogens is 5. The SMILES string of the molecule is CCOc1nc(Cl)nc(NCc2ccncn2)n1. The van der Waals surface area contributed by atoms with E-state index in [-0.39, 0.29) is 11.3 Å². The first-order chi connectivity index (χ1) is 8.78. The Bertz CT molecular complexity index is 509. The predicted molar refractivity (Wildman–Crippen MR) is 65.4 cm³/mol. The summed E-state index contributed by atoms with van der Waals surface area (Å²) in [5.41, 5.74) is 0.819. The molecule has 0 aliphatic heterocycles. The Morgan fingerprint density at radius 1 is 1.33 bits per heavy atom. The number of ether oxygens (including phenoxy) is 1. The number of hydrogen-bond acceptors (Lipinski definition) is 7. The number of nitrogens with one attached hydrogen (secondary N) is 1. The average molecular weight is 267 g/mol. The number of nitrogens with zero attached hydrogens (tertiary/aromatic N) is 5. The number of halogens is 1. The molecule has 2 rings (SSSR count). The van der Waals surface area contributed by atoms with Crippen LogP contribution in [0.5, 0.6) is 6.01 Å². The Balaban J connectivity index is 2.05. The van der Waals surface area contributed by atoms with Gasteiger partial charge in [0.2, 0.25) is 11.2 Å². The highest BCUT2D eigenvalue weighted by Gasteiger charge is 2.05. The van der Waals surface area contributed by atoms with Crippen LogP contribution in [0.2, 0.25) is 5.28 Å². The van der Waals surface area contributed by atoms with E-state index in [1.807, 2.05) is 6.92 Å². The Labute approximate surface area is 109 Å². The average Bonchev–Trinajstić information content (AvgIpc) is 2.37. The van der Waals surface area contributed by atoms with Crippen molar-refractivity contribution in [2.75, 3.05) is 11.9 Å². The van der Waals surface area contributed by atoms with Crippen LogP contribution in [-0.2, 0) is 6.54 Å². The quantitative estimate of drug-likeness (QED) is 0.873. The van der Waals surface area contributed by atoms with Gasteiger partial charge >= 0.3 is 6.01 Å². The standard InChI is InChI=1S/C10H11ClN6O/c1-2-18-10-16-8(11)15-9(17-10)13-5-7-3-4-12-6-14-7/h3-4,6H,2,5H2,1H3,(H,13,15,16,17). The molecule has 94 valence electrons. The van der Waals surface area contributed by atoms with Gasteiger partial charge in [0.1, 0.15) is 6.33 Å². The van der Waals surface area contributed by atoms with Crippen LogP contribution in [0, 0.1) is 0 Å². The lowest BCUT2D eigenvalue weighted by Crippen LogP contribution is -2.08. The van der Waals surface area contributed by atoms with Gasteiger partial charge in [0.25, 0.3) is 0 Å². The maximum atomic E-state index is 5.76. The van der Waals surface area contributed by atoms with Gasteiger partial charge in [-0.3, -0.25) is 0 Å². The van der Waals surface area contributed by atoms with E-state index in [9.17, 15) is 0 Å². The molecule has 0 bridgehead atoms. The molecular formula is C10H11ClN6O. The Morgan fingerprint density at radius 2 is 2.22 bits per heavy atom. The summed E-state index contributed by atoms with van der Waals surface area (Å²) in [6, 6.07) is 1.99. The van der Waals surface area contributed by atoms with Crippen molar-refractivity contribution in [1.82, 2.24) is 24.9 Å². The molecule has 0 atom stereocenters. The summed E-state index contributed by atoms with van der Waals surface area (Å²) in [5, 5.41) is 3.07. The maximum absolute atomic E-state index is 5.76. The number of rotatable bonds is 5. The van der Waals surface area contributed by atoms with Crippen LogP contribution in [0.1, 0.15) is 12.6 Å². The van der Waals surface area contributed by atoms with Crippen LogP contribution in [0.25, 0.3) is 0 Å². The Morgan fingerprint density at radius 3 is 2.94 bits per heavy atom. The molecule has 2 aromatic heterocycles. The van der Waals surface area contributed by atoms with Crippen LogP contribution in [0.4, 0.5) is 5.95 Å². The van der Waals surface area contributed by atoms with Crippen molar-refractivity contribution in [3.63, 3.8) is 0 Å². The molecule has 7 nitrogen and oxygen atoms in total. The van der Waals surface area contributed by atoms with E-state index in [0.29, 0.717) is 19.1 Å².